The van der Waals surface area contributed by atoms with Gasteiger partial charge in [-0.1, -0.05) is 0 Å². The molecular formula is C4H5MgNO2S. The van der Waals surface area contributed by atoms with Crippen LogP contribution in [-0.2, 0) is 0 Å². The second-order valence-corrected chi connectivity index (χ2v) is 2.04. The van der Waals surface area contributed by atoms with Crippen molar-refractivity contribution in [3.05, 3.63) is 16.6 Å². The van der Waals surface area contributed by atoms with Gasteiger partial charge in [-0.25, -0.2) is 9.78 Å². The topological polar surface area (TPSA) is 50.2 Å². The van der Waals surface area contributed by atoms with E-state index < -0.39 is 5.97 Å². The molecule has 0 aliphatic heterocycles. The fraction of sp³-hybridized carbons (Fsp3) is 0. The molecule has 0 radical (unpaired) electrons. The van der Waals surface area contributed by atoms with E-state index in [1.54, 1.807) is 5.38 Å². The third-order valence-electron chi connectivity index (χ3n) is 0.615. The summed E-state index contributed by atoms with van der Waals surface area (Å²) in [6.07, 6.45) is 1.47. The minimum absolute atomic E-state index is 0. The smallest absolute Gasteiger partial charge is 1.00 e. The van der Waals surface area contributed by atoms with Gasteiger partial charge in [0, 0.05) is 11.6 Å². The zero-order valence-corrected chi connectivity index (χ0v) is 6.80. The summed E-state index contributed by atoms with van der Waals surface area (Å²) in [6.45, 7) is 0. The minimum atomic E-state index is -0.958. The Hall–Kier alpha value is -0.134. The molecule has 1 heterocycles. The van der Waals surface area contributed by atoms with Gasteiger partial charge in [-0.3, -0.25) is 0 Å². The van der Waals surface area contributed by atoms with E-state index in [9.17, 15) is 4.79 Å². The van der Waals surface area contributed by atoms with Crippen LogP contribution in [0.4, 0.5) is 0 Å². The van der Waals surface area contributed by atoms with E-state index in [0.717, 1.165) is 11.3 Å². The van der Waals surface area contributed by atoms with Gasteiger partial charge >= 0.3 is 29.0 Å². The first-order valence-electron chi connectivity index (χ1n) is 1.93. The number of hydrogen-bond donors (Lipinski definition) is 1. The summed E-state index contributed by atoms with van der Waals surface area (Å²) in [5.74, 6) is -0.958. The van der Waals surface area contributed by atoms with Crippen LogP contribution in [0.1, 0.15) is 12.7 Å². The fourth-order valence-corrected chi connectivity index (χ4v) is 0.802. The molecule has 46 valence electrons. The van der Waals surface area contributed by atoms with Gasteiger partial charge in [0.2, 0.25) is 5.01 Å². The molecule has 1 N–H and O–H groups in total. The number of carboxylic acids is 1. The molecular weight excluding hydrogens is 150 g/mol. The van der Waals surface area contributed by atoms with E-state index in [1.165, 1.54) is 6.20 Å². The molecule has 0 unspecified atom stereocenters. The largest absolute Gasteiger partial charge is 2.00 e. The number of carbonyl (C=O) groups is 1. The van der Waals surface area contributed by atoms with E-state index in [0.29, 0.717) is 0 Å². The van der Waals surface area contributed by atoms with Gasteiger partial charge in [0.05, 0.1) is 0 Å². The van der Waals surface area contributed by atoms with E-state index in [2.05, 4.69) is 4.98 Å². The van der Waals surface area contributed by atoms with Crippen molar-refractivity contribution in [3.8, 4) is 0 Å². The average molecular weight is 155 g/mol. The molecule has 0 aromatic carbocycles. The van der Waals surface area contributed by atoms with Crippen LogP contribution in [0.5, 0.6) is 0 Å². The Balaban J connectivity index is -0.000000213. The van der Waals surface area contributed by atoms with Gasteiger partial charge in [0.15, 0.2) is 0 Å². The number of hydrogen-bond acceptors (Lipinski definition) is 3. The Kier molecular flexibility index (Phi) is 3.75. The van der Waals surface area contributed by atoms with Crippen LogP contribution in [0.3, 0.4) is 0 Å². The molecule has 1 aromatic rings. The molecule has 0 saturated carbocycles. The van der Waals surface area contributed by atoms with E-state index in [-0.39, 0.29) is 30.9 Å². The van der Waals surface area contributed by atoms with Gasteiger partial charge in [0.1, 0.15) is 0 Å². The molecule has 0 saturated heterocycles. The van der Waals surface area contributed by atoms with Crippen LogP contribution in [-0.4, -0.2) is 39.1 Å². The van der Waals surface area contributed by atoms with Crippen LogP contribution < -0.4 is 0 Å². The van der Waals surface area contributed by atoms with Crippen molar-refractivity contribution in [2.24, 2.45) is 0 Å². The molecule has 0 bridgehead atoms. The maximum absolute atomic E-state index is 10.0. The standard InChI is InChI=1S/C4H3NO2S.Mg.2H/c6-4(7)3-5-1-2-8-3;;;/h1-2H,(H,6,7);;;/q;+2;2*-1. The van der Waals surface area contributed by atoms with Crippen molar-refractivity contribution in [2.45, 2.75) is 0 Å². The first kappa shape index (κ1) is 8.87. The Bertz CT molecular complexity index is 194. The SMILES string of the molecule is O=C(O)c1nccs1.[H-].[H-].[Mg+2]. The quantitative estimate of drug-likeness (QED) is 0.607. The monoisotopic (exact) mass is 155 g/mol. The van der Waals surface area contributed by atoms with Crippen molar-refractivity contribution in [3.63, 3.8) is 0 Å². The van der Waals surface area contributed by atoms with Crippen LogP contribution >= 0.6 is 11.3 Å². The molecule has 0 atom stereocenters. The van der Waals surface area contributed by atoms with Crippen LogP contribution in [0.2, 0.25) is 0 Å². The molecule has 0 amide bonds. The third-order valence-corrected chi connectivity index (χ3v) is 1.38. The normalized spacial score (nSPS) is 8.00. The van der Waals surface area contributed by atoms with Crippen molar-refractivity contribution >= 4 is 40.4 Å². The Morgan fingerprint density at radius 3 is 2.78 bits per heavy atom. The predicted octanol–water partition coefficient (Wildman–Crippen LogP) is 0.685. The zero-order chi connectivity index (χ0) is 5.98. The molecule has 1 rings (SSSR count). The van der Waals surface area contributed by atoms with E-state index in [4.69, 9.17) is 5.11 Å². The number of carboxylic acid groups (broad SMARTS) is 1. The van der Waals surface area contributed by atoms with Crippen LogP contribution in [0, 0.1) is 0 Å². The van der Waals surface area contributed by atoms with E-state index in [1.807, 2.05) is 0 Å². The molecule has 0 spiro atoms. The van der Waals surface area contributed by atoms with Crippen molar-refractivity contribution in [2.75, 3.05) is 0 Å². The van der Waals surface area contributed by atoms with Gasteiger partial charge in [-0.2, -0.15) is 0 Å². The minimum Gasteiger partial charge on any atom is -1.00 e. The number of aromatic nitrogens is 1. The second kappa shape index (κ2) is 3.81. The maximum Gasteiger partial charge on any atom is 2.00 e. The van der Waals surface area contributed by atoms with Crippen molar-refractivity contribution < 1.29 is 12.8 Å². The summed E-state index contributed by atoms with van der Waals surface area (Å²) in [5, 5.41) is 9.99. The number of aromatic carboxylic acids is 1. The summed E-state index contributed by atoms with van der Waals surface area (Å²) >= 11 is 1.12. The zero-order valence-electron chi connectivity index (χ0n) is 6.57. The summed E-state index contributed by atoms with van der Waals surface area (Å²) in [7, 11) is 0. The maximum atomic E-state index is 10.0. The van der Waals surface area contributed by atoms with E-state index >= 15 is 0 Å². The summed E-state index contributed by atoms with van der Waals surface area (Å²) in [5.41, 5.74) is 0. The Morgan fingerprint density at radius 2 is 2.56 bits per heavy atom. The van der Waals surface area contributed by atoms with Gasteiger partial charge < -0.3 is 7.96 Å². The Labute approximate surface area is 74.9 Å². The van der Waals surface area contributed by atoms with Crippen LogP contribution in [0.15, 0.2) is 11.6 Å². The Morgan fingerprint density at radius 1 is 1.89 bits per heavy atom. The average Bonchev–Trinajstić information content (AvgIpc) is 2.12. The molecule has 0 aliphatic rings. The fourth-order valence-electron chi connectivity index (χ4n) is 0.329. The number of rotatable bonds is 1. The first-order chi connectivity index (χ1) is 3.80. The second-order valence-electron chi connectivity index (χ2n) is 1.14. The molecule has 9 heavy (non-hydrogen) atoms. The van der Waals surface area contributed by atoms with Gasteiger partial charge in [0.25, 0.3) is 0 Å². The number of thiazole rings is 1. The van der Waals surface area contributed by atoms with Crippen molar-refractivity contribution in [1.82, 2.24) is 4.98 Å². The molecule has 5 heteroatoms. The molecule has 0 aliphatic carbocycles. The molecule has 1 aromatic heterocycles. The first-order valence-corrected chi connectivity index (χ1v) is 2.81. The van der Waals surface area contributed by atoms with Gasteiger partial charge in [-0.05, 0) is 0 Å². The number of nitrogens with zero attached hydrogens (tertiary/aromatic N) is 1. The third kappa shape index (κ3) is 2.29. The van der Waals surface area contributed by atoms with Crippen LogP contribution in [0.25, 0.3) is 0 Å². The predicted molar refractivity (Wildman–Crippen MR) is 37.1 cm³/mol. The van der Waals surface area contributed by atoms with Crippen molar-refractivity contribution in [1.29, 1.82) is 0 Å². The molecule has 3 nitrogen and oxygen atoms in total. The van der Waals surface area contributed by atoms with Gasteiger partial charge in [-0.15, -0.1) is 11.3 Å². The summed E-state index contributed by atoms with van der Waals surface area (Å²) in [4.78, 5) is 13.5. The summed E-state index contributed by atoms with van der Waals surface area (Å²) in [6, 6.07) is 0. The summed E-state index contributed by atoms with van der Waals surface area (Å²) < 4.78 is 0. The molecule has 0 fully saturated rings.